The number of aryl methyl sites for hydroxylation is 1. The maximum atomic E-state index is 10.9. The third-order valence-corrected chi connectivity index (χ3v) is 6.37. The summed E-state index contributed by atoms with van der Waals surface area (Å²) >= 11 is 1.87. The van der Waals surface area contributed by atoms with Crippen LogP contribution in [0.3, 0.4) is 0 Å². The van der Waals surface area contributed by atoms with Gasteiger partial charge in [0.15, 0.2) is 0 Å². The van der Waals surface area contributed by atoms with E-state index in [1.54, 1.807) is 0 Å². The highest BCUT2D eigenvalue weighted by Gasteiger charge is 2.31. The van der Waals surface area contributed by atoms with Crippen LogP contribution in [-0.2, 0) is 12.0 Å². The molecule has 2 aliphatic heterocycles. The van der Waals surface area contributed by atoms with Gasteiger partial charge in [-0.05, 0) is 50.0 Å². The number of aliphatic hydroxyl groups is 1. The molecule has 1 fully saturated rings. The molecule has 0 bridgehead atoms. The predicted molar refractivity (Wildman–Crippen MR) is 96.3 cm³/mol. The van der Waals surface area contributed by atoms with Crippen LogP contribution in [-0.4, -0.2) is 39.1 Å². The van der Waals surface area contributed by atoms with E-state index in [1.165, 1.54) is 10.6 Å². The van der Waals surface area contributed by atoms with Crippen LogP contribution >= 0.6 is 11.8 Å². The van der Waals surface area contributed by atoms with Crippen LogP contribution in [0.1, 0.15) is 24.1 Å². The molecule has 0 spiro atoms. The molecule has 3 aromatic rings. The Bertz CT molecular complexity index is 907. The summed E-state index contributed by atoms with van der Waals surface area (Å²) < 4.78 is 0. The fraction of sp³-hybridized carbons (Fsp3) is 0.389. The number of nitrogens with one attached hydrogen (secondary N) is 3. The Hall–Kier alpha value is -1.76. The molecule has 6 heteroatoms. The number of hydrogen-bond donors (Lipinski definition) is 4. The van der Waals surface area contributed by atoms with Gasteiger partial charge in [0.05, 0.1) is 21.9 Å². The molecule has 0 radical (unpaired) electrons. The van der Waals surface area contributed by atoms with Crippen molar-refractivity contribution >= 4 is 22.7 Å². The van der Waals surface area contributed by atoms with Crippen molar-refractivity contribution in [3.05, 3.63) is 35.5 Å². The molecule has 4 heterocycles. The molecule has 0 amide bonds. The van der Waals surface area contributed by atoms with E-state index in [9.17, 15) is 5.11 Å². The Balaban J connectivity index is 1.56. The number of piperidine rings is 1. The van der Waals surface area contributed by atoms with Gasteiger partial charge in [-0.2, -0.15) is 5.10 Å². The van der Waals surface area contributed by atoms with Gasteiger partial charge in [-0.1, -0.05) is 12.1 Å². The quantitative estimate of drug-likeness (QED) is 0.579. The van der Waals surface area contributed by atoms with Gasteiger partial charge in [-0.15, -0.1) is 11.8 Å². The molecule has 4 N–H and O–H groups in total. The second-order valence-electron chi connectivity index (χ2n) is 6.74. The molecular formula is C18H20N4OS. The van der Waals surface area contributed by atoms with Crippen molar-refractivity contribution in [2.24, 2.45) is 0 Å². The Labute approximate surface area is 144 Å². The molecule has 0 atom stereocenters. The lowest BCUT2D eigenvalue weighted by Crippen LogP contribution is -2.39. The van der Waals surface area contributed by atoms with Gasteiger partial charge in [0.25, 0.3) is 0 Å². The lowest BCUT2D eigenvalue weighted by atomic mass is 9.85. The van der Waals surface area contributed by atoms with Crippen molar-refractivity contribution in [2.45, 2.75) is 29.8 Å². The van der Waals surface area contributed by atoms with Crippen molar-refractivity contribution in [3.8, 4) is 11.4 Å². The Morgan fingerprint density at radius 1 is 1.17 bits per heavy atom. The standard InChI is InChI=1S/C18H20N4OS/c23-18(4-6-19-7-5-18)12-2-1-11-9-15(20-14(11)10-12)16-17-13(21-22-16)3-8-24-17/h1-2,9-10,19-20,23H,3-8H2,(H,21,22). The molecule has 1 aromatic carbocycles. The second kappa shape index (κ2) is 5.37. The zero-order valence-electron chi connectivity index (χ0n) is 13.4. The maximum absolute atomic E-state index is 10.9. The van der Waals surface area contributed by atoms with Crippen LogP contribution in [0.15, 0.2) is 29.2 Å². The molecule has 0 aliphatic carbocycles. The highest BCUT2D eigenvalue weighted by molar-refractivity contribution is 7.99. The summed E-state index contributed by atoms with van der Waals surface area (Å²) in [5, 5.41) is 23.1. The minimum Gasteiger partial charge on any atom is -0.385 e. The second-order valence-corrected chi connectivity index (χ2v) is 7.85. The van der Waals surface area contributed by atoms with E-state index in [-0.39, 0.29) is 0 Å². The topological polar surface area (TPSA) is 76.7 Å². The van der Waals surface area contributed by atoms with Crippen molar-refractivity contribution in [1.29, 1.82) is 0 Å². The van der Waals surface area contributed by atoms with Crippen molar-refractivity contribution in [3.63, 3.8) is 0 Å². The average molecular weight is 340 g/mol. The van der Waals surface area contributed by atoms with Crippen molar-refractivity contribution in [2.75, 3.05) is 18.8 Å². The third-order valence-electron chi connectivity index (χ3n) is 5.24. The first-order valence-corrected chi connectivity index (χ1v) is 9.48. The van der Waals surface area contributed by atoms with Gasteiger partial charge in [0, 0.05) is 16.7 Å². The zero-order chi connectivity index (χ0) is 16.1. The normalized spacial score (nSPS) is 19.7. The lowest BCUT2D eigenvalue weighted by molar-refractivity contribution is 0.00605. The number of benzene rings is 1. The monoisotopic (exact) mass is 340 g/mol. The third kappa shape index (κ3) is 2.21. The largest absolute Gasteiger partial charge is 0.385 e. The summed E-state index contributed by atoms with van der Waals surface area (Å²) in [7, 11) is 0. The van der Waals surface area contributed by atoms with Crippen LogP contribution in [0.5, 0.6) is 0 Å². The van der Waals surface area contributed by atoms with Crippen LogP contribution in [0.25, 0.3) is 22.3 Å². The minimum atomic E-state index is -0.714. The van der Waals surface area contributed by atoms with Crippen molar-refractivity contribution in [1.82, 2.24) is 20.5 Å². The first kappa shape index (κ1) is 14.6. The number of H-pyrrole nitrogens is 2. The first-order valence-electron chi connectivity index (χ1n) is 8.50. The summed E-state index contributed by atoms with van der Waals surface area (Å²) in [6.45, 7) is 1.72. The van der Waals surface area contributed by atoms with Crippen LogP contribution < -0.4 is 5.32 Å². The fourth-order valence-corrected chi connectivity index (χ4v) is 4.93. The smallest absolute Gasteiger partial charge is 0.122 e. The van der Waals surface area contributed by atoms with Gasteiger partial charge in [-0.3, -0.25) is 5.10 Å². The van der Waals surface area contributed by atoms with E-state index >= 15 is 0 Å². The highest BCUT2D eigenvalue weighted by atomic mass is 32.2. The van der Waals surface area contributed by atoms with Crippen molar-refractivity contribution < 1.29 is 5.11 Å². The van der Waals surface area contributed by atoms with Gasteiger partial charge >= 0.3 is 0 Å². The zero-order valence-corrected chi connectivity index (χ0v) is 14.2. The Kier molecular flexibility index (Phi) is 3.26. The van der Waals surface area contributed by atoms with Crippen LogP contribution in [0, 0.1) is 0 Å². The molecule has 0 saturated carbocycles. The summed E-state index contributed by atoms with van der Waals surface area (Å²) in [4.78, 5) is 4.78. The number of thioether (sulfide) groups is 1. The van der Waals surface area contributed by atoms with Crippen LogP contribution in [0.4, 0.5) is 0 Å². The minimum absolute atomic E-state index is 0.714. The van der Waals surface area contributed by atoms with Gasteiger partial charge in [0.2, 0.25) is 0 Å². The lowest BCUT2D eigenvalue weighted by Gasteiger charge is -2.33. The van der Waals surface area contributed by atoms with Gasteiger partial charge in [0.1, 0.15) is 5.69 Å². The van der Waals surface area contributed by atoms with E-state index in [1.807, 2.05) is 11.8 Å². The SMILES string of the molecule is OC1(c2ccc3cc(-c4n[nH]c5c4SCC5)[nH]c3c2)CCNCC1. The highest BCUT2D eigenvalue weighted by Crippen LogP contribution is 2.39. The number of hydrogen-bond acceptors (Lipinski definition) is 4. The number of fused-ring (bicyclic) bond motifs is 2. The van der Waals surface area contributed by atoms with E-state index < -0.39 is 5.60 Å². The molecule has 0 unspecified atom stereocenters. The molecule has 124 valence electrons. The van der Waals surface area contributed by atoms with E-state index in [2.05, 4.69) is 44.8 Å². The molecule has 2 aliphatic rings. The summed E-state index contributed by atoms with van der Waals surface area (Å²) in [5.74, 6) is 1.13. The van der Waals surface area contributed by atoms with Gasteiger partial charge < -0.3 is 15.4 Å². The Morgan fingerprint density at radius 3 is 2.92 bits per heavy atom. The Morgan fingerprint density at radius 2 is 2.04 bits per heavy atom. The van der Waals surface area contributed by atoms with E-state index in [0.29, 0.717) is 0 Å². The van der Waals surface area contributed by atoms with E-state index in [0.717, 1.165) is 66.0 Å². The van der Waals surface area contributed by atoms with E-state index in [4.69, 9.17) is 0 Å². The molecule has 5 rings (SSSR count). The number of aromatic amines is 2. The summed E-state index contributed by atoms with van der Waals surface area (Å²) in [6, 6.07) is 8.42. The molecule has 24 heavy (non-hydrogen) atoms. The maximum Gasteiger partial charge on any atom is 0.122 e. The van der Waals surface area contributed by atoms with Crippen LogP contribution in [0.2, 0.25) is 0 Å². The molecule has 5 nitrogen and oxygen atoms in total. The average Bonchev–Trinajstić information content (AvgIpc) is 3.29. The summed E-state index contributed by atoms with van der Waals surface area (Å²) in [5.41, 5.74) is 4.67. The number of rotatable bonds is 2. The molecular weight excluding hydrogens is 320 g/mol. The number of nitrogens with zero attached hydrogens (tertiary/aromatic N) is 1. The van der Waals surface area contributed by atoms with Gasteiger partial charge in [-0.25, -0.2) is 0 Å². The molecule has 1 saturated heterocycles. The number of aromatic nitrogens is 3. The molecule has 2 aromatic heterocycles. The summed E-state index contributed by atoms with van der Waals surface area (Å²) in [6.07, 6.45) is 2.59. The fourth-order valence-electron chi connectivity index (χ4n) is 3.80. The predicted octanol–water partition coefficient (Wildman–Crippen LogP) is 2.78. The first-order chi connectivity index (χ1) is 11.7.